The largest absolute Gasteiger partial charge is 0.460 e. The predicted molar refractivity (Wildman–Crippen MR) is 101 cm³/mol. The first kappa shape index (κ1) is 18.2. The van der Waals surface area contributed by atoms with Crippen LogP contribution in [0.3, 0.4) is 0 Å². The monoisotopic (exact) mass is 341 g/mol. The summed E-state index contributed by atoms with van der Waals surface area (Å²) in [7, 11) is 0. The highest BCUT2D eigenvalue weighted by Gasteiger charge is 2.44. The standard InChI is InChI=1S/C22H31NO2/c1-16-11-12-18(21(2,3)17-9-6-5-7-10-17)19(15-16)25-20(24)22(4)13-8-14-23-22/h5-10,13,16,18-19,23H,11-12,14-15H2,1-4H3/t16-,18-,19-,22-/m1/s1. The molecule has 0 radical (unpaired) electrons. The molecular formula is C22H31NO2. The molecule has 3 rings (SSSR count). The van der Waals surface area contributed by atoms with Crippen molar-refractivity contribution in [2.24, 2.45) is 11.8 Å². The van der Waals surface area contributed by atoms with E-state index in [4.69, 9.17) is 4.74 Å². The lowest BCUT2D eigenvalue weighted by Gasteiger charge is -2.44. The smallest absolute Gasteiger partial charge is 0.330 e. The molecule has 0 aromatic heterocycles. The van der Waals surface area contributed by atoms with E-state index in [2.05, 4.69) is 56.4 Å². The van der Waals surface area contributed by atoms with Gasteiger partial charge in [0, 0.05) is 12.5 Å². The average Bonchev–Trinajstić information content (AvgIpc) is 3.03. The van der Waals surface area contributed by atoms with Crippen LogP contribution >= 0.6 is 0 Å². The minimum absolute atomic E-state index is 0.0216. The Morgan fingerprint density at radius 1 is 1.24 bits per heavy atom. The Morgan fingerprint density at radius 3 is 2.60 bits per heavy atom. The van der Waals surface area contributed by atoms with E-state index in [0.29, 0.717) is 11.8 Å². The summed E-state index contributed by atoms with van der Waals surface area (Å²) >= 11 is 0. The molecule has 1 heterocycles. The van der Waals surface area contributed by atoms with Crippen molar-refractivity contribution >= 4 is 5.97 Å². The van der Waals surface area contributed by atoms with Gasteiger partial charge in [-0.2, -0.15) is 0 Å². The van der Waals surface area contributed by atoms with Crippen LogP contribution in [0.25, 0.3) is 0 Å². The van der Waals surface area contributed by atoms with Crippen LogP contribution in [-0.2, 0) is 14.9 Å². The summed E-state index contributed by atoms with van der Waals surface area (Å²) in [5.41, 5.74) is 0.620. The van der Waals surface area contributed by atoms with Gasteiger partial charge in [0.25, 0.3) is 0 Å². The molecule has 0 bridgehead atoms. The first-order valence-electron chi connectivity index (χ1n) is 9.52. The van der Waals surface area contributed by atoms with Crippen LogP contribution in [0.15, 0.2) is 42.5 Å². The lowest BCUT2D eigenvalue weighted by molar-refractivity contribution is -0.161. The lowest BCUT2D eigenvalue weighted by atomic mass is 9.64. The van der Waals surface area contributed by atoms with E-state index in [1.807, 2.05) is 19.1 Å². The molecule has 1 aromatic rings. The molecule has 4 atom stereocenters. The molecule has 0 saturated heterocycles. The Hall–Kier alpha value is -1.61. The first-order chi connectivity index (χ1) is 11.8. The van der Waals surface area contributed by atoms with Gasteiger partial charge in [0.1, 0.15) is 11.6 Å². The van der Waals surface area contributed by atoms with Crippen LogP contribution in [0.4, 0.5) is 0 Å². The molecule has 2 aliphatic rings. The molecule has 0 unspecified atom stereocenters. The van der Waals surface area contributed by atoms with Crippen molar-refractivity contribution in [2.45, 2.75) is 64.0 Å². The van der Waals surface area contributed by atoms with Crippen LogP contribution in [0.1, 0.15) is 52.5 Å². The number of esters is 1. The van der Waals surface area contributed by atoms with E-state index in [1.165, 1.54) is 12.0 Å². The molecule has 3 nitrogen and oxygen atoms in total. The summed E-state index contributed by atoms with van der Waals surface area (Å²) in [6.45, 7) is 9.48. The Labute approximate surface area is 151 Å². The van der Waals surface area contributed by atoms with Crippen molar-refractivity contribution in [3.63, 3.8) is 0 Å². The number of nitrogens with one attached hydrogen (secondary N) is 1. The Bertz CT molecular complexity index is 637. The minimum Gasteiger partial charge on any atom is -0.460 e. The number of hydrogen-bond acceptors (Lipinski definition) is 3. The molecule has 1 saturated carbocycles. The van der Waals surface area contributed by atoms with E-state index in [1.54, 1.807) is 0 Å². The number of carbonyl (C=O) groups excluding carboxylic acids is 1. The average molecular weight is 341 g/mol. The van der Waals surface area contributed by atoms with Crippen LogP contribution in [0.2, 0.25) is 0 Å². The van der Waals surface area contributed by atoms with Gasteiger partial charge in [-0.1, -0.05) is 69.7 Å². The zero-order valence-corrected chi connectivity index (χ0v) is 15.9. The van der Waals surface area contributed by atoms with Gasteiger partial charge in [0.15, 0.2) is 0 Å². The van der Waals surface area contributed by atoms with Crippen LogP contribution in [0.5, 0.6) is 0 Å². The van der Waals surface area contributed by atoms with Gasteiger partial charge >= 0.3 is 5.97 Å². The third-order valence-electron chi connectivity index (χ3n) is 6.22. The molecular weight excluding hydrogens is 310 g/mol. The lowest BCUT2D eigenvalue weighted by Crippen LogP contribution is -2.50. The topological polar surface area (TPSA) is 38.3 Å². The van der Waals surface area contributed by atoms with E-state index < -0.39 is 5.54 Å². The normalized spacial score (nSPS) is 32.6. The maximum absolute atomic E-state index is 12.8. The fraction of sp³-hybridized carbons (Fsp3) is 0.591. The Balaban J connectivity index is 1.81. The zero-order chi connectivity index (χ0) is 18.1. The van der Waals surface area contributed by atoms with Crippen molar-refractivity contribution < 1.29 is 9.53 Å². The van der Waals surface area contributed by atoms with Crippen LogP contribution < -0.4 is 5.32 Å². The zero-order valence-electron chi connectivity index (χ0n) is 15.9. The second kappa shape index (κ2) is 6.95. The highest BCUT2D eigenvalue weighted by atomic mass is 16.5. The number of ether oxygens (including phenoxy) is 1. The minimum atomic E-state index is -0.678. The number of carbonyl (C=O) groups is 1. The summed E-state index contributed by atoms with van der Waals surface area (Å²) in [6.07, 6.45) is 7.14. The van der Waals surface area contributed by atoms with E-state index in [-0.39, 0.29) is 17.5 Å². The van der Waals surface area contributed by atoms with Crippen LogP contribution in [-0.4, -0.2) is 24.2 Å². The van der Waals surface area contributed by atoms with Gasteiger partial charge in [0.2, 0.25) is 0 Å². The first-order valence-corrected chi connectivity index (χ1v) is 9.52. The van der Waals surface area contributed by atoms with E-state index in [9.17, 15) is 4.79 Å². The van der Waals surface area contributed by atoms with Crippen LogP contribution in [0, 0.1) is 11.8 Å². The quantitative estimate of drug-likeness (QED) is 0.658. The molecule has 1 N–H and O–H groups in total. The van der Waals surface area contributed by atoms with E-state index >= 15 is 0 Å². The second-order valence-electron chi connectivity index (χ2n) is 8.54. The molecule has 1 aromatic carbocycles. The fourth-order valence-corrected chi connectivity index (χ4v) is 4.39. The van der Waals surface area contributed by atoms with Crippen molar-refractivity contribution in [3.05, 3.63) is 48.0 Å². The molecule has 3 heteroatoms. The third-order valence-corrected chi connectivity index (χ3v) is 6.22. The SMILES string of the molecule is C[C@@H]1CC[C@@H](C(C)(C)c2ccccc2)[C@H](OC(=O)[C@@]2(C)C=CCN2)C1. The summed E-state index contributed by atoms with van der Waals surface area (Å²) in [4.78, 5) is 12.8. The number of benzene rings is 1. The molecule has 0 amide bonds. The number of hydrogen-bond donors (Lipinski definition) is 1. The van der Waals surface area contributed by atoms with E-state index in [0.717, 1.165) is 19.4 Å². The summed E-state index contributed by atoms with van der Waals surface area (Å²) in [5, 5.41) is 3.23. The van der Waals surface area contributed by atoms with Crippen molar-refractivity contribution in [1.29, 1.82) is 0 Å². The molecule has 1 aliphatic heterocycles. The Morgan fingerprint density at radius 2 is 1.96 bits per heavy atom. The van der Waals surface area contributed by atoms with Crippen molar-refractivity contribution in [3.8, 4) is 0 Å². The van der Waals surface area contributed by atoms with Gasteiger partial charge in [0.05, 0.1) is 0 Å². The van der Waals surface area contributed by atoms with Gasteiger partial charge in [-0.3, -0.25) is 5.32 Å². The Kier molecular flexibility index (Phi) is 5.06. The van der Waals surface area contributed by atoms with Gasteiger partial charge in [-0.15, -0.1) is 0 Å². The summed E-state index contributed by atoms with van der Waals surface area (Å²) in [6, 6.07) is 10.6. The van der Waals surface area contributed by atoms with Crippen molar-refractivity contribution in [2.75, 3.05) is 6.54 Å². The van der Waals surface area contributed by atoms with Crippen molar-refractivity contribution in [1.82, 2.24) is 5.32 Å². The highest BCUT2D eigenvalue weighted by molar-refractivity contribution is 5.83. The maximum Gasteiger partial charge on any atom is 0.330 e. The summed E-state index contributed by atoms with van der Waals surface area (Å²) < 4.78 is 6.12. The number of rotatable bonds is 4. The van der Waals surface area contributed by atoms with Gasteiger partial charge in [-0.05, 0) is 36.7 Å². The highest BCUT2D eigenvalue weighted by Crippen LogP contribution is 2.44. The summed E-state index contributed by atoms with van der Waals surface area (Å²) in [5.74, 6) is 0.791. The van der Waals surface area contributed by atoms with Gasteiger partial charge in [-0.25, -0.2) is 4.79 Å². The molecule has 136 valence electrons. The second-order valence-corrected chi connectivity index (χ2v) is 8.54. The predicted octanol–water partition coefficient (Wildman–Crippen LogP) is 4.23. The molecule has 25 heavy (non-hydrogen) atoms. The maximum atomic E-state index is 12.8. The third kappa shape index (κ3) is 3.67. The molecule has 1 fully saturated rings. The molecule has 1 aliphatic carbocycles. The van der Waals surface area contributed by atoms with Gasteiger partial charge < -0.3 is 4.74 Å². The fourth-order valence-electron chi connectivity index (χ4n) is 4.39. The molecule has 0 spiro atoms.